The van der Waals surface area contributed by atoms with Crippen LogP contribution in [0.25, 0.3) is 0 Å². The number of hydrogen-bond donors (Lipinski definition) is 3. The zero-order valence-electron chi connectivity index (χ0n) is 12.5. The first-order chi connectivity index (χ1) is 9.52. The van der Waals surface area contributed by atoms with E-state index in [9.17, 15) is 9.59 Å². The smallest absolute Gasteiger partial charge is 0.242 e. The van der Waals surface area contributed by atoms with Crippen LogP contribution in [0.4, 0.5) is 0 Å². The summed E-state index contributed by atoms with van der Waals surface area (Å²) in [7, 11) is 1.58. The van der Waals surface area contributed by atoms with E-state index in [-0.39, 0.29) is 11.8 Å². The van der Waals surface area contributed by atoms with Gasteiger partial charge in [0.05, 0.1) is 6.61 Å². The van der Waals surface area contributed by atoms with E-state index in [1.807, 2.05) is 0 Å². The molecule has 0 aromatic rings. The third kappa shape index (κ3) is 6.34. The van der Waals surface area contributed by atoms with Crippen molar-refractivity contribution in [1.82, 2.24) is 10.6 Å². The van der Waals surface area contributed by atoms with Crippen LogP contribution in [0.1, 0.15) is 39.0 Å². The highest BCUT2D eigenvalue weighted by molar-refractivity contribution is 5.87. The number of carbonyl (C=O) groups excluding carboxylic acids is 2. The van der Waals surface area contributed by atoms with Gasteiger partial charge in [-0.15, -0.1) is 0 Å². The molecule has 6 heteroatoms. The molecule has 116 valence electrons. The van der Waals surface area contributed by atoms with Gasteiger partial charge in [-0.1, -0.05) is 0 Å². The number of hydrogen-bond acceptors (Lipinski definition) is 4. The molecule has 1 aliphatic carbocycles. The van der Waals surface area contributed by atoms with Gasteiger partial charge in [0.2, 0.25) is 11.8 Å². The number of carbonyl (C=O) groups is 2. The van der Waals surface area contributed by atoms with Crippen molar-refractivity contribution < 1.29 is 14.3 Å². The Balaban J connectivity index is 2.22. The molecule has 1 unspecified atom stereocenters. The molecule has 0 aromatic heterocycles. The van der Waals surface area contributed by atoms with Crippen molar-refractivity contribution in [3.05, 3.63) is 0 Å². The van der Waals surface area contributed by atoms with Crippen LogP contribution < -0.4 is 16.4 Å². The normalized spacial score (nSPS) is 23.9. The Kier molecular flexibility index (Phi) is 7.54. The molecule has 0 saturated heterocycles. The average Bonchev–Trinajstić information content (AvgIpc) is 2.41. The van der Waals surface area contributed by atoms with Crippen molar-refractivity contribution in [2.45, 2.75) is 51.1 Å². The molecule has 0 bridgehead atoms. The highest BCUT2D eigenvalue weighted by Gasteiger charge is 2.22. The lowest BCUT2D eigenvalue weighted by Gasteiger charge is -2.26. The zero-order chi connectivity index (χ0) is 15.0. The van der Waals surface area contributed by atoms with E-state index in [1.54, 1.807) is 14.0 Å². The lowest BCUT2D eigenvalue weighted by molar-refractivity contribution is -0.129. The SMILES string of the molecule is COCCNC(=O)C(C)NC(=O)CC1CCC(N)CC1. The molecule has 1 atom stereocenters. The van der Waals surface area contributed by atoms with Gasteiger partial charge in [0.25, 0.3) is 0 Å². The van der Waals surface area contributed by atoms with Gasteiger partial charge >= 0.3 is 0 Å². The van der Waals surface area contributed by atoms with Gasteiger partial charge in [-0.2, -0.15) is 0 Å². The second kappa shape index (κ2) is 8.92. The first kappa shape index (κ1) is 16.9. The van der Waals surface area contributed by atoms with Crippen LogP contribution in [-0.4, -0.2) is 44.2 Å². The maximum absolute atomic E-state index is 11.9. The third-order valence-corrected chi connectivity index (χ3v) is 3.74. The zero-order valence-corrected chi connectivity index (χ0v) is 12.5. The topological polar surface area (TPSA) is 93.5 Å². The van der Waals surface area contributed by atoms with Crippen molar-refractivity contribution in [2.75, 3.05) is 20.3 Å². The second-order valence-corrected chi connectivity index (χ2v) is 5.56. The highest BCUT2D eigenvalue weighted by atomic mass is 16.5. The first-order valence-electron chi connectivity index (χ1n) is 7.34. The van der Waals surface area contributed by atoms with Gasteiger partial charge in [0, 0.05) is 26.1 Å². The summed E-state index contributed by atoms with van der Waals surface area (Å²) in [4.78, 5) is 23.6. The number of nitrogens with one attached hydrogen (secondary N) is 2. The van der Waals surface area contributed by atoms with Gasteiger partial charge in [-0.25, -0.2) is 0 Å². The molecule has 4 N–H and O–H groups in total. The highest BCUT2D eigenvalue weighted by Crippen LogP contribution is 2.25. The van der Waals surface area contributed by atoms with E-state index in [0.29, 0.717) is 31.5 Å². The molecule has 6 nitrogen and oxygen atoms in total. The quantitative estimate of drug-likeness (QED) is 0.581. The molecule has 0 radical (unpaired) electrons. The molecule has 1 saturated carbocycles. The fourth-order valence-corrected chi connectivity index (χ4v) is 2.45. The second-order valence-electron chi connectivity index (χ2n) is 5.56. The Labute approximate surface area is 120 Å². The molecule has 0 aromatic carbocycles. The minimum absolute atomic E-state index is 0.0557. The molecule has 1 fully saturated rings. The van der Waals surface area contributed by atoms with E-state index in [0.717, 1.165) is 25.7 Å². The molecule has 20 heavy (non-hydrogen) atoms. The molecule has 0 heterocycles. The van der Waals surface area contributed by atoms with Gasteiger partial charge in [0.1, 0.15) is 6.04 Å². The van der Waals surface area contributed by atoms with E-state index < -0.39 is 6.04 Å². The predicted molar refractivity (Wildman–Crippen MR) is 77.0 cm³/mol. The molecule has 0 aliphatic heterocycles. The van der Waals surface area contributed by atoms with Crippen LogP contribution in [0, 0.1) is 5.92 Å². The molecular weight excluding hydrogens is 258 g/mol. The van der Waals surface area contributed by atoms with Gasteiger partial charge in [-0.3, -0.25) is 9.59 Å². The Morgan fingerprint density at radius 3 is 2.55 bits per heavy atom. The first-order valence-corrected chi connectivity index (χ1v) is 7.34. The summed E-state index contributed by atoms with van der Waals surface area (Å²) >= 11 is 0. The van der Waals surface area contributed by atoms with E-state index in [1.165, 1.54) is 0 Å². The van der Waals surface area contributed by atoms with Crippen molar-refractivity contribution in [1.29, 1.82) is 0 Å². The van der Waals surface area contributed by atoms with Crippen LogP contribution >= 0.6 is 0 Å². The Bertz CT molecular complexity index is 315. The summed E-state index contributed by atoms with van der Waals surface area (Å²) < 4.78 is 4.85. The maximum Gasteiger partial charge on any atom is 0.242 e. The van der Waals surface area contributed by atoms with Crippen molar-refractivity contribution >= 4 is 11.8 Å². The maximum atomic E-state index is 11.9. The Morgan fingerprint density at radius 2 is 1.95 bits per heavy atom. The summed E-state index contributed by atoms with van der Waals surface area (Å²) in [6.45, 7) is 2.61. The predicted octanol–water partition coefficient (Wildman–Crippen LogP) is 0.161. The summed E-state index contributed by atoms with van der Waals surface area (Å²) in [5.41, 5.74) is 5.84. The summed E-state index contributed by atoms with van der Waals surface area (Å²) in [5, 5.41) is 5.44. The van der Waals surface area contributed by atoms with Crippen LogP contribution in [0.15, 0.2) is 0 Å². The van der Waals surface area contributed by atoms with E-state index in [4.69, 9.17) is 10.5 Å². The molecule has 2 amide bonds. The largest absolute Gasteiger partial charge is 0.383 e. The average molecular weight is 285 g/mol. The fourth-order valence-electron chi connectivity index (χ4n) is 2.45. The monoisotopic (exact) mass is 285 g/mol. The van der Waals surface area contributed by atoms with Crippen molar-refractivity contribution in [3.8, 4) is 0 Å². The Hall–Kier alpha value is -1.14. The third-order valence-electron chi connectivity index (χ3n) is 3.74. The number of rotatable bonds is 7. The number of ether oxygens (including phenoxy) is 1. The van der Waals surface area contributed by atoms with E-state index >= 15 is 0 Å². The van der Waals surface area contributed by atoms with Crippen molar-refractivity contribution in [2.24, 2.45) is 11.7 Å². The summed E-state index contributed by atoms with van der Waals surface area (Å²) in [6.07, 6.45) is 4.48. The number of nitrogens with two attached hydrogens (primary N) is 1. The minimum Gasteiger partial charge on any atom is -0.383 e. The summed E-state index contributed by atoms with van der Waals surface area (Å²) in [5.74, 6) is 0.166. The van der Waals surface area contributed by atoms with Gasteiger partial charge in [-0.05, 0) is 38.5 Å². The molecule has 0 spiro atoms. The fraction of sp³-hybridized carbons (Fsp3) is 0.857. The summed E-state index contributed by atoms with van der Waals surface area (Å²) in [6, 6.07) is -0.218. The van der Waals surface area contributed by atoms with Crippen LogP contribution in [-0.2, 0) is 14.3 Å². The molecule has 1 rings (SSSR count). The van der Waals surface area contributed by atoms with Crippen LogP contribution in [0.3, 0.4) is 0 Å². The van der Waals surface area contributed by atoms with Crippen LogP contribution in [0.5, 0.6) is 0 Å². The standard InChI is InChI=1S/C14H27N3O3/c1-10(14(19)16-7-8-20-2)17-13(18)9-11-3-5-12(15)6-4-11/h10-12H,3-9,15H2,1-2H3,(H,16,19)(H,17,18). The van der Waals surface area contributed by atoms with Crippen molar-refractivity contribution in [3.63, 3.8) is 0 Å². The molecule has 1 aliphatic rings. The van der Waals surface area contributed by atoms with Crippen LogP contribution in [0.2, 0.25) is 0 Å². The Morgan fingerprint density at radius 1 is 1.30 bits per heavy atom. The number of amides is 2. The van der Waals surface area contributed by atoms with Gasteiger partial charge in [0.15, 0.2) is 0 Å². The van der Waals surface area contributed by atoms with Gasteiger partial charge < -0.3 is 21.1 Å². The number of methoxy groups -OCH3 is 1. The molecular formula is C14H27N3O3. The lowest BCUT2D eigenvalue weighted by Crippen LogP contribution is -2.46. The lowest BCUT2D eigenvalue weighted by atomic mass is 9.84. The van der Waals surface area contributed by atoms with E-state index in [2.05, 4.69) is 10.6 Å². The minimum atomic E-state index is -0.509.